The average Bonchev–Trinajstić information content (AvgIpc) is 2.54. The van der Waals surface area contributed by atoms with Crippen molar-refractivity contribution in [2.24, 2.45) is 0 Å². The lowest BCUT2D eigenvalue weighted by Crippen LogP contribution is -1.93. The van der Waals surface area contributed by atoms with Gasteiger partial charge in [-0.25, -0.2) is 4.98 Å². The van der Waals surface area contributed by atoms with E-state index < -0.39 is 0 Å². The molecule has 108 valence electrons. The van der Waals surface area contributed by atoms with Crippen LogP contribution in [0.2, 0.25) is 5.15 Å². The van der Waals surface area contributed by atoms with Crippen LogP contribution < -0.4 is 0 Å². The zero-order valence-corrected chi connectivity index (χ0v) is 12.8. The van der Waals surface area contributed by atoms with E-state index >= 15 is 0 Å². The molecule has 0 aliphatic rings. The fourth-order valence-corrected chi connectivity index (χ4v) is 2.52. The highest BCUT2D eigenvalue weighted by atomic mass is 35.5. The van der Waals surface area contributed by atoms with E-state index in [1.807, 2.05) is 49.4 Å². The van der Waals surface area contributed by atoms with Crippen molar-refractivity contribution in [1.82, 2.24) is 4.98 Å². The van der Waals surface area contributed by atoms with Crippen LogP contribution in [0.15, 0.2) is 60.7 Å². The Morgan fingerprint density at radius 1 is 1.09 bits per heavy atom. The first kappa shape index (κ1) is 14.5. The van der Waals surface area contributed by atoms with Gasteiger partial charge in [-0.3, -0.25) is 4.79 Å². The summed E-state index contributed by atoms with van der Waals surface area (Å²) in [6, 6.07) is 17.1. The van der Waals surface area contributed by atoms with Crippen LogP contribution in [0, 0.1) is 6.92 Å². The van der Waals surface area contributed by atoms with E-state index in [4.69, 9.17) is 11.6 Å². The summed E-state index contributed by atoms with van der Waals surface area (Å²) >= 11 is 6.23. The van der Waals surface area contributed by atoms with Gasteiger partial charge in [0.15, 0.2) is 5.78 Å². The van der Waals surface area contributed by atoms with Gasteiger partial charge in [-0.15, -0.1) is 0 Å². The number of fused-ring (bicyclic) bond motifs is 1. The molecule has 1 aromatic heterocycles. The predicted molar refractivity (Wildman–Crippen MR) is 91.3 cm³/mol. The number of pyridine rings is 1. The van der Waals surface area contributed by atoms with Crippen LogP contribution in [0.5, 0.6) is 0 Å². The standard InChI is InChI=1S/C19H14ClNO/c1-13-6-5-9-15-12-16(19(20)21-18(13)15)10-11-17(22)14-7-3-2-4-8-14/h2-12H,1H3/b11-10+. The molecule has 0 N–H and O–H groups in total. The molecule has 0 unspecified atom stereocenters. The van der Waals surface area contributed by atoms with Gasteiger partial charge >= 0.3 is 0 Å². The summed E-state index contributed by atoms with van der Waals surface area (Å²) < 4.78 is 0. The summed E-state index contributed by atoms with van der Waals surface area (Å²) in [4.78, 5) is 16.5. The van der Waals surface area contributed by atoms with E-state index in [-0.39, 0.29) is 5.78 Å². The molecule has 22 heavy (non-hydrogen) atoms. The number of aromatic nitrogens is 1. The number of aryl methyl sites for hydroxylation is 1. The number of allylic oxidation sites excluding steroid dienone is 1. The highest BCUT2D eigenvalue weighted by Crippen LogP contribution is 2.24. The minimum atomic E-state index is -0.0546. The van der Waals surface area contributed by atoms with Crippen LogP contribution in [0.3, 0.4) is 0 Å². The van der Waals surface area contributed by atoms with E-state index in [9.17, 15) is 4.79 Å². The van der Waals surface area contributed by atoms with Crippen LogP contribution in [0.1, 0.15) is 21.5 Å². The second kappa shape index (κ2) is 6.12. The summed E-state index contributed by atoms with van der Waals surface area (Å²) in [5.74, 6) is -0.0546. The van der Waals surface area contributed by atoms with Crippen molar-refractivity contribution < 1.29 is 4.79 Å². The predicted octanol–water partition coefficient (Wildman–Crippen LogP) is 5.09. The second-order valence-corrected chi connectivity index (χ2v) is 5.44. The topological polar surface area (TPSA) is 30.0 Å². The average molecular weight is 308 g/mol. The van der Waals surface area contributed by atoms with Crippen molar-refractivity contribution in [3.05, 3.63) is 82.5 Å². The minimum Gasteiger partial charge on any atom is -0.289 e. The molecular weight excluding hydrogens is 294 g/mol. The monoisotopic (exact) mass is 307 g/mol. The van der Waals surface area contributed by atoms with Crippen molar-refractivity contribution in [1.29, 1.82) is 0 Å². The molecule has 1 heterocycles. The van der Waals surface area contributed by atoms with E-state index in [2.05, 4.69) is 4.98 Å². The number of hydrogen-bond donors (Lipinski definition) is 0. The Hall–Kier alpha value is -2.45. The summed E-state index contributed by atoms with van der Waals surface area (Å²) in [6.45, 7) is 2.00. The van der Waals surface area contributed by atoms with E-state index in [1.165, 1.54) is 6.08 Å². The molecule has 3 heteroatoms. The fourth-order valence-electron chi connectivity index (χ4n) is 2.32. The molecule has 2 nitrogen and oxygen atoms in total. The van der Waals surface area contributed by atoms with E-state index in [1.54, 1.807) is 18.2 Å². The molecule has 0 amide bonds. The lowest BCUT2D eigenvalue weighted by atomic mass is 10.1. The van der Waals surface area contributed by atoms with Crippen molar-refractivity contribution in [3.63, 3.8) is 0 Å². The summed E-state index contributed by atoms with van der Waals surface area (Å²) in [5.41, 5.74) is 3.36. The molecule has 0 saturated carbocycles. The number of halogens is 1. The zero-order valence-electron chi connectivity index (χ0n) is 12.1. The largest absolute Gasteiger partial charge is 0.289 e. The van der Waals surface area contributed by atoms with Crippen molar-refractivity contribution in [3.8, 4) is 0 Å². The number of nitrogens with zero attached hydrogens (tertiary/aromatic N) is 1. The lowest BCUT2D eigenvalue weighted by molar-refractivity contribution is 0.104. The Bertz CT molecular complexity index is 869. The first-order chi connectivity index (χ1) is 10.6. The maximum absolute atomic E-state index is 12.1. The highest BCUT2D eigenvalue weighted by molar-refractivity contribution is 6.31. The van der Waals surface area contributed by atoms with Crippen molar-refractivity contribution in [2.45, 2.75) is 6.92 Å². The Morgan fingerprint density at radius 2 is 1.86 bits per heavy atom. The van der Waals surface area contributed by atoms with Crippen LogP contribution >= 0.6 is 11.6 Å². The van der Waals surface area contributed by atoms with Gasteiger partial charge < -0.3 is 0 Å². The molecule has 0 aliphatic heterocycles. The second-order valence-electron chi connectivity index (χ2n) is 5.08. The number of rotatable bonds is 3. The van der Waals surface area contributed by atoms with Gasteiger partial charge in [-0.2, -0.15) is 0 Å². The molecular formula is C19H14ClNO. The van der Waals surface area contributed by atoms with Crippen molar-refractivity contribution >= 4 is 34.4 Å². The number of hydrogen-bond acceptors (Lipinski definition) is 2. The van der Waals surface area contributed by atoms with Gasteiger partial charge in [0, 0.05) is 16.5 Å². The Labute approximate surface area is 134 Å². The van der Waals surface area contributed by atoms with Crippen LogP contribution in [-0.4, -0.2) is 10.8 Å². The smallest absolute Gasteiger partial charge is 0.185 e. The molecule has 2 aromatic carbocycles. The molecule has 0 atom stereocenters. The molecule has 3 aromatic rings. The summed E-state index contributed by atoms with van der Waals surface area (Å²) in [6.07, 6.45) is 3.24. The summed E-state index contributed by atoms with van der Waals surface area (Å²) in [7, 11) is 0. The van der Waals surface area contributed by atoms with Gasteiger partial charge in [0.1, 0.15) is 5.15 Å². The van der Waals surface area contributed by atoms with Crippen molar-refractivity contribution in [2.75, 3.05) is 0 Å². The van der Waals surface area contributed by atoms with Crippen LogP contribution in [-0.2, 0) is 0 Å². The molecule has 0 radical (unpaired) electrons. The molecule has 0 fully saturated rings. The number of para-hydroxylation sites is 1. The number of carbonyl (C=O) groups excluding carboxylic acids is 1. The third-order valence-corrected chi connectivity index (χ3v) is 3.80. The molecule has 3 rings (SSSR count). The maximum Gasteiger partial charge on any atom is 0.185 e. The van der Waals surface area contributed by atoms with Gasteiger partial charge in [-0.05, 0) is 30.7 Å². The first-order valence-corrected chi connectivity index (χ1v) is 7.36. The summed E-state index contributed by atoms with van der Waals surface area (Å²) in [5, 5.41) is 1.41. The third kappa shape index (κ3) is 2.92. The van der Waals surface area contributed by atoms with Gasteiger partial charge in [-0.1, -0.05) is 60.1 Å². The number of benzene rings is 2. The highest BCUT2D eigenvalue weighted by Gasteiger charge is 2.05. The van der Waals surface area contributed by atoms with Gasteiger partial charge in [0.25, 0.3) is 0 Å². The quantitative estimate of drug-likeness (QED) is 0.383. The molecule has 0 spiro atoms. The third-order valence-electron chi connectivity index (χ3n) is 3.50. The normalized spacial score (nSPS) is 11.2. The van der Waals surface area contributed by atoms with Crippen LogP contribution in [0.25, 0.3) is 17.0 Å². The Morgan fingerprint density at radius 3 is 2.64 bits per heavy atom. The molecule has 0 aliphatic carbocycles. The maximum atomic E-state index is 12.1. The number of ketones is 1. The van der Waals surface area contributed by atoms with Gasteiger partial charge in [0.2, 0.25) is 0 Å². The minimum absolute atomic E-state index is 0.0546. The van der Waals surface area contributed by atoms with Crippen LogP contribution in [0.4, 0.5) is 0 Å². The molecule has 0 bridgehead atoms. The fraction of sp³-hybridized carbons (Fsp3) is 0.0526. The number of carbonyl (C=O) groups is 1. The van der Waals surface area contributed by atoms with E-state index in [0.717, 1.165) is 22.0 Å². The SMILES string of the molecule is Cc1cccc2cc(/C=C/C(=O)c3ccccc3)c(Cl)nc12. The lowest BCUT2D eigenvalue weighted by Gasteiger charge is -2.04. The van der Waals surface area contributed by atoms with Gasteiger partial charge in [0.05, 0.1) is 5.52 Å². The first-order valence-electron chi connectivity index (χ1n) is 6.98. The Balaban J connectivity index is 1.95. The Kier molecular flexibility index (Phi) is 4.03. The zero-order chi connectivity index (χ0) is 15.5. The molecule has 0 saturated heterocycles. The van der Waals surface area contributed by atoms with E-state index in [0.29, 0.717) is 10.7 Å².